The van der Waals surface area contributed by atoms with Crippen LogP contribution < -0.4 is 5.32 Å². The minimum atomic E-state index is -1.17. The molecule has 1 aromatic heterocycles. The molecular weight excluding hydrogens is 474 g/mol. The average molecular weight is 522 g/mol. The first-order valence-corrected chi connectivity index (χ1v) is 14.5. The second-order valence-electron chi connectivity index (χ2n) is 10.6. The Balaban J connectivity index is 2.22. The molecule has 8 heteroatoms. The van der Waals surface area contributed by atoms with E-state index in [0.717, 1.165) is 36.1 Å². The van der Waals surface area contributed by atoms with Gasteiger partial charge >= 0.3 is 11.9 Å². The van der Waals surface area contributed by atoms with Gasteiger partial charge in [0.25, 0.3) is 0 Å². The van der Waals surface area contributed by atoms with E-state index in [9.17, 15) is 14.7 Å². The summed E-state index contributed by atoms with van der Waals surface area (Å²) in [6, 6.07) is -0.826. The van der Waals surface area contributed by atoms with Crippen LogP contribution in [0.1, 0.15) is 103 Å². The molecule has 1 rings (SSSR count). The maximum Gasteiger partial charge on any atom is 0.356 e. The van der Waals surface area contributed by atoms with Gasteiger partial charge in [-0.05, 0) is 37.5 Å². The molecule has 3 atom stereocenters. The zero-order valence-electron chi connectivity index (χ0n) is 22.8. The summed E-state index contributed by atoms with van der Waals surface area (Å²) in [7, 11) is 0. The highest BCUT2D eigenvalue weighted by Crippen LogP contribution is 2.22. The predicted molar refractivity (Wildman–Crippen MR) is 150 cm³/mol. The van der Waals surface area contributed by atoms with Crippen molar-refractivity contribution in [3.8, 4) is 0 Å². The fourth-order valence-corrected chi connectivity index (χ4v) is 5.06. The van der Waals surface area contributed by atoms with Crippen molar-refractivity contribution in [3.05, 3.63) is 29.7 Å². The molecule has 0 aliphatic rings. The van der Waals surface area contributed by atoms with E-state index in [2.05, 4.69) is 56.0 Å². The average Bonchev–Trinajstić information content (AvgIpc) is 2.81. The fourth-order valence-electron chi connectivity index (χ4n) is 4.06. The molecule has 0 spiro atoms. The van der Waals surface area contributed by atoms with Crippen molar-refractivity contribution in [1.82, 2.24) is 9.97 Å². The second kappa shape index (κ2) is 18.2. The normalized spacial score (nSPS) is 14.4. The summed E-state index contributed by atoms with van der Waals surface area (Å²) >= 11 is 1.54. The quantitative estimate of drug-likeness (QED) is 0.122. The molecule has 204 valence electrons. The summed E-state index contributed by atoms with van der Waals surface area (Å²) in [6.07, 6.45) is 16.2. The van der Waals surface area contributed by atoms with Crippen LogP contribution in [0.2, 0.25) is 0 Å². The van der Waals surface area contributed by atoms with Crippen LogP contribution >= 0.6 is 11.8 Å². The largest absolute Gasteiger partial charge is 0.480 e. The molecule has 0 bridgehead atoms. The van der Waals surface area contributed by atoms with Crippen LogP contribution in [-0.2, 0) is 4.79 Å². The lowest BCUT2D eigenvalue weighted by Crippen LogP contribution is -2.32. The van der Waals surface area contributed by atoms with Crippen molar-refractivity contribution in [2.45, 2.75) is 98.4 Å². The topological polar surface area (TPSA) is 112 Å². The Morgan fingerprint density at radius 1 is 0.944 bits per heavy atom. The Labute approximate surface area is 222 Å². The SMILES string of the molecule is C/C(=C\CSC[C@H](Nc1cnc(C(=O)O)cn1)C(=O)O)CCCC(C)CCCC(C)CCCC(C)C. The molecule has 0 aliphatic heterocycles. The molecule has 0 radical (unpaired) electrons. The number of aliphatic carboxylic acids is 1. The number of rotatable bonds is 20. The van der Waals surface area contributed by atoms with E-state index >= 15 is 0 Å². The summed E-state index contributed by atoms with van der Waals surface area (Å²) in [4.78, 5) is 30.1. The molecule has 0 amide bonds. The lowest BCUT2D eigenvalue weighted by molar-refractivity contribution is -0.137. The minimum absolute atomic E-state index is 0.182. The van der Waals surface area contributed by atoms with Crippen molar-refractivity contribution in [2.75, 3.05) is 16.8 Å². The zero-order valence-corrected chi connectivity index (χ0v) is 23.6. The number of hydrogen-bond donors (Lipinski definition) is 3. The number of aromatic nitrogens is 2. The third kappa shape index (κ3) is 15.1. The predicted octanol–water partition coefficient (Wildman–Crippen LogP) is 7.16. The molecule has 0 saturated carbocycles. The number of aromatic carboxylic acids is 1. The highest BCUT2D eigenvalue weighted by molar-refractivity contribution is 7.99. The summed E-state index contributed by atoms with van der Waals surface area (Å²) < 4.78 is 0. The van der Waals surface area contributed by atoms with Crippen molar-refractivity contribution in [2.24, 2.45) is 17.8 Å². The first-order valence-electron chi connectivity index (χ1n) is 13.4. The lowest BCUT2D eigenvalue weighted by atomic mass is 9.91. The van der Waals surface area contributed by atoms with Crippen LogP contribution in [0.4, 0.5) is 5.82 Å². The number of carboxylic acids is 2. The van der Waals surface area contributed by atoms with Gasteiger partial charge in [-0.3, -0.25) is 0 Å². The molecule has 7 nitrogen and oxygen atoms in total. The van der Waals surface area contributed by atoms with Crippen LogP contribution in [0.15, 0.2) is 24.0 Å². The van der Waals surface area contributed by atoms with Gasteiger partial charge in [-0.1, -0.05) is 84.3 Å². The van der Waals surface area contributed by atoms with Crippen LogP contribution in [0.25, 0.3) is 0 Å². The lowest BCUT2D eigenvalue weighted by Gasteiger charge is -2.15. The molecule has 0 fully saturated rings. The standard InChI is InChI=1S/C28H47N3O4S/c1-20(2)9-6-10-21(3)11-7-12-22(4)13-8-14-23(5)15-16-36-19-25(28(34)35)31-26-18-29-24(17-30-26)27(32)33/h15,17-18,20-22,25H,6-14,16,19H2,1-5H3,(H,30,31)(H,32,33)(H,34,35)/b23-15+/t21?,22?,25-/m0/s1. The molecule has 0 aromatic carbocycles. The number of nitrogens with zero attached hydrogens (tertiary/aromatic N) is 2. The molecule has 3 N–H and O–H groups in total. The Hall–Kier alpha value is -2.09. The number of allylic oxidation sites excluding steroid dienone is 1. The van der Waals surface area contributed by atoms with Crippen LogP contribution in [-0.4, -0.2) is 49.7 Å². The van der Waals surface area contributed by atoms with Crippen molar-refractivity contribution in [3.63, 3.8) is 0 Å². The summed E-state index contributed by atoms with van der Waals surface area (Å²) in [5, 5.41) is 21.2. The molecule has 0 aliphatic carbocycles. The first kappa shape index (κ1) is 31.9. The van der Waals surface area contributed by atoms with Crippen molar-refractivity contribution < 1.29 is 19.8 Å². The van der Waals surface area contributed by atoms with Gasteiger partial charge in [0, 0.05) is 11.5 Å². The number of hydrogen-bond acceptors (Lipinski definition) is 6. The summed E-state index contributed by atoms with van der Waals surface area (Å²) in [5.74, 6) is 1.65. The van der Waals surface area contributed by atoms with E-state index in [4.69, 9.17) is 5.11 Å². The van der Waals surface area contributed by atoms with E-state index in [1.807, 2.05) is 0 Å². The number of nitrogens with one attached hydrogen (secondary N) is 1. The fraction of sp³-hybridized carbons (Fsp3) is 0.714. The monoisotopic (exact) mass is 521 g/mol. The molecule has 2 unspecified atom stereocenters. The first-order chi connectivity index (χ1) is 17.1. The van der Waals surface area contributed by atoms with Crippen LogP contribution in [0.5, 0.6) is 0 Å². The van der Waals surface area contributed by atoms with Crippen LogP contribution in [0, 0.1) is 17.8 Å². The summed E-state index contributed by atoms with van der Waals surface area (Å²) in [5.41, 5.74) is 1.17. The number of anilines is 1. The van der Waals surface area contributed by atoms with Gasteiger partial charge in [0.1, 0.15) is 11.9 Å². The van der Waals surface area contributed by atoms with Gasteiger partial charge in [0.15, 0.2) is 5.69 Å². The third-order valence-electron chi connectivity index (χ3n) is 6.47. The molecule has 1 aromatic rings. The smallest absolute Gasteiger partial charge is 0.356 e. The molecular formula is C28H47N3O4S. The Kier molecular flexibility index (Phi) is 16.1. The third-order valence-corrected chi connectivity index (χ3v) is 7.44. The van der Waals surface area contributed by atoms with Gasteiger partial charge in [0.05, 0.1) is 12.4 Å². The summed E-state index contributed by atoms with van der Waals surface area (Å²) in [6.45, 7) is 11.5. The van der Waals surface area contributed by atoms with Gasteiger partial charge in [-0.15, -0.1) is 0 Å². The number of carbonyl (C=O) groups is 2. The van der Waals surface area contributed by atoms with Gasteiger partial charge < -0.3 is 15.5 Å². The van der Waals surface area contributed by atoms with Crippen molar-refractivity contribution in [1.29, 1.82) is 0 Å². The maximum absolute atomic E-state index is 11.6. The highest BCUT2D eigenvalue weighted by Gasteiger charge is 2.18. The van der Waals surface area contributed by atoms with Gasteiger partial charge in [-0.25, -0.2) is 19.6 Å². The van der Waals surface area contributed by atoms with E-state index in [1.165, 1.54) is 63.1 Å². The zero-order chi connectivity index (χ0) is 26.9. The maximum atomic E-state index is 11.6. The minimum Gasteiger partial charge on any atom is -0.480 e. The van der Waals surface area contributed by atoms with E-state index in [-0.39, 0.29) is 11.5 Å². The second-order valence-corrected chi connectivity index (χ2v) is 11.6. The Morgan fingerprint density at radius 2 is 1.56 bits per heavy atom. The van der Waals surface area contributed by atoms with Gasteiger partial charge in [-0.2, -0.15) is 11.8 Å². The molecule has 0 saturated heterocycles. The Morgan fingerprint density at radius 3 is 2.08 bits per heavy atom. The number of carboxylic acid groups (broad SMARTS) is 2. The van der Waals surface area contributed by atoms with E-state index in [0.29, 0.717) is 5.75 Å². The Bertz CT molecular complexity index is 798. The number of thioether (sulfide) groups is 1. The van der Waals surface area contributed by atoms with E-state index < -0.39 is 18.0 Å². The van der Waals surface area contributed by atoms with Gasteiger partial charge in [0.2, 0.25) is 0 Å². The highest BCUT2D eigenvalue weighted by atomic mass is 32.2. The molecule has 1 heterocycles. The van der Waals surface area contributed by atoms with E-state index in [1.54, 1.807) is 11.8 Å². The van der Waals surface area contributed by atoms with Crippen molar-refractivity contribution >= 4 is 29.5 Å². The van der Waals surface area contributed by atoms with Crippen LogP contribution in [0.3, 0.4) is 0 Å². The molecule has 36 heavy (non-hydrogen) atoms.